The van der Waals surface area contributed by atoms with E-state index in [1.54, 1.807) is 0 Å². The van der Waals surface area contributed by atoms with Gasteiger partial charge in [0.25, 0.3) is 5.91 Å². The van der Waals surface area contributed by atoms with Gasteiger partial charge in [-0.1, -0.05) is 11.3 Å². The molecule has 0 aliphatic carbocycles. The van der Waals surface area contributed by atoms with Gasteiger partial charge in [0.1, 0.15) is 5.82 Å². The van der Waals surface area contributed by atoms with Crippen molar-refractivity contribution in [1.82, 2.24) is 10.2 Å². The fourth-order valence-corrected chi connectivity index (χ4v) is 2.10. The first-order chi connectivity index (χ1) is 9.45. The van der Waals surface area contributed by atoms with E-state index < -0.39 is 11.7 Å². The Morgan fingerprint density at radius 1 is 1.30 bits per heavy atom. The molecule has 1 aromatic heterocycles. The van der Waals surface area contributed by atoms with Crippen LogP contribution < -0.4 is 10.6 Å². The monoisotopic (exact) mass is 314 g/mol. The number of halogens is 2. The molecule has 1 aromatic carbocycles. The minimum atomic E-state index is -0.636. The average Bonchev–Trinajstić information content (AvgIpc) is 2.79. The third-order valence-electron chi connectivity index (χ3n) is 2.13. The Hall–Kier alpha value is -2.06. The van der Waals surface area contributed by atoms with Crippen molar-refractivity contribution in [3.63, 3.8) is 0 Å². The second-order valence-electron chi connectivity index (χ2n) is 3.69. The van der Waals surface area contributed by atoms with Crippen molar-refractivity contribution >= 4 is 46.1 Å². The lowest BCUT2D eigenvalue weighted by Crippen LogP contribution is -2.13. The average molecular weight is 315 g/mol. The number of carbonyl (C=O) groups excluding carboxylic acids is 2. The summed E-state index contributed by atoms with van der Waals surface area (Å²) in [5.74, 6) is -1.57. The molecule has 0 saturated heterocycles. The Morgan fingerprint density at radius 2 is 2.05 bits per heavy atom. The van der Waals surface area contributed by atoms with Gasteiger partial charge in [-0.05, 0) is 29.8 Å². The molecule has 0 unspecified atom stereocenters. The van der Waals surface area contributed by atoms with Crippen molar-refractivity contribution in [2.75, 3.05) is 10.6 Å². The van der Waals surface area contributed by atoms with Crippen LogP contribution in [0.1, 0.15) is 16.7 Å². The van der Waals surface area contributed by atoms with Gasteiger partial charge in [-0.2, -0.15) is 0 Å². The Balaban J connectivity index is 2.19. The van der Waals surface area contributed by atoms with E-state index in [0.29, 0.717) is 5.69 Å². The molecule has 2 amide bonds. The van der Waals surface area contributed by atoms with Crippen molar-refractivity contribution < 1.29 is 14.0 Å². The molecule has 0 aliphatic heterocycles. The normalized spacial score (nSPS) is 10.2. The molecule has 2 rings (SSSR count). The molecule has 0 bridgehead atoms. The van der Waals surface area contributed by atoms with E-state index in [4.69, 9.17) is 11.6 Å². The predicted octanol–water partition coefficient (Wildman–Crippen LogP) is 2.54. The smallest absolute Gasteiger partial charge is 0.286 e. The van der Waals surface area contributed by atoms with Gasteiger partial charge in [0, 0.05) is 12.6 Å². The molecule has 0 radical (unpaired) electrons. The molecule has 2 N–H and O–H groups in total. The Kier molecular flexibility index (Phi) is 4.26. The molecule has 0 atom stereocenters. The van der Waals surface area contributed by atoms with E-state index in [-0.39, 0.29) is 21.1 Å². The first-order valence-electron chi connectivity index (χ1n) is 5.33. The summed E-state index contributed by atoms with van der Waals surface area (Å²) in [6, 6.07) is 3.82. The molecule has 20 heavy (non-hydrogen) atoms. The summed E-state index contributed by atoms with van der Waals surface area (Å²) in [4.78, 5) is 22.7. The summed E-state index contributed by atoms with van der Waals surface area (Å²) in [5.41, 5.74) is 0.289. The van der Waals surface area contributed by atoms with Gasteiger partial charge in [0.2, 0.25) is 15.4 Å². The number of rotatable bonds is 3. The summed E-state index contributed by atoms with van der Waals surface area (Å²) < 4.78 is 13.7. The Labute approximate surface area is 122 Å². The summed E-state index contributed by atoms with van der Waals surface area (Å²) in [6.07, 6.45) is 0. The van der Waals surface area contributed by atoms with Gasteiger partial charge in [0.15, 0.2) is 0 Å². The molecule has 0 fully saturated rings. The van der Waals surface area contributed by atoms with Crippen LogP contribution in [0.3, 0.4) is 0 Å². The number of carbonyl (C=O) groups is 2. The van der Waals surface area contributed by atoms with E-state index in [0.717, 1.165) is 17.4 Å². The number of hydrogen-bond donors (Lipinski definition) is 2. The van der Waals surface area contributed by atoms with Gasteiger partial charge in [-0.3, -0.25) is 9.59 Å². The van der Waals surface area contributed by atoms with Crippen LogP contribution in [0.4, 0.5) is 15.8 Å². The van der Waals surface area contributed by atoms with Crippen molar-refractivity contribution in [2.45, 2.75) is 6.92 Å². The molecule has 0 saturated carbocycles. The molecule has 1 heterocycles. The van der Waals surface area contributed by atoms with Crippen LogP contribution in [0.2, 0.25) is 4.47 Å². The highest BCUT2D eigenvalue weighted by atomic mass is 35.5. The lowest BCUT2D eigenvalue weighted by atomic mass is 10.2. The second-order valence-corrected chi connectivity index (χ2v) is 5.25. The number of anilines is 2. The number of amides is 2. The largest absolute Gasteiger partial charge is 0.326 e. The van der Waals surface area contributed by atoms with Gasteiger partial charge in [-0.15, -0.1) is 10.2 Å². The summed E-state index contributed by atoms with van der Waals surface area (Å²) in [5, 5.41) is 11.9. The van der Waals surface area contributed by atoms with Crippen LogP contribution in [0.25, 0.3) is 0 Å². The maximum Gasteiger partial charge on any atom is 0.286 e. The third-order valence-corrected chi connectivity index (χ3v) is 3.15. The number of benzene rings is 1. The van der Waals surface area contributed by atoms with E-state index in [9.17, 15) is 14.0 Å². The predicted molar refractivity (Wildman–Crippen MR) is 73.6 cm³/mol. The zero-order valence-corrected chi connectivity index (χ0v) is 11.7. The van der Waals surface area contributed by atoms with Gasteiger partial charge in [0.05, 0.1) is 5.69 Å². The van der Waals surface area contributed by atoms with Crippen LogP contribution >= 0.6 is 22.9 Å². The number of aromatic nitrogens is 2. The fourth-order valence-electron chi connectivity index (χ4n) is 1.37. The van der Waals surface area contributed by atoms with Crippen LogP contribution in [0.15, 0.2) is 18.2 Å². The third kappa shape index (κ3) is 3.49. The zero-order valence-electron chi connectivity index (χ0n) is 10.1. The van der Waals surface area contributed by atoms with Crippen LogP contribution in [-0.4, -0.2) is 22.0 Å². The Bertz CT molecular complexity index is 676. The molecular weight excluding hydrogens is 307 g/mol. The van der Waals surface area contributed by atoms with E-state index >= 15 is 0 Å². The minimum absolute atomic E-state index is 0.0133. The number of hydrogen-bond acceptors (Lipinski definition) is 5. The standard InChI is InChI=1S/C11H8ClFN4O2S/c1-5(18)14-6-2-3-7(13)8(4-6)15-9(19)10-16-17-11(12)20-10/h2-4H,1H3,(H,14,18)(H,15,19). The lowest BCUT2D eigenvalue weighted by molar-refractivity contribution is -0.114. The van der Waals surface area contributed by atoms with Crippen molar-refractivity contribution in [1.29, 1.82) is 0 Å². The molecule has 9 heteroatoms. The fraction of sp³-hybridized carbons (Fsp3) is 0.0909. The molecular formula is C11H8ClFN4O2S. The minimum Gasteiger partial charge on any atom is -0.326 e. The van der Waals surface area contributed by atoms with Crippen molar-refractivity contribution in [3.8, 4) is 0 Å². The second kappa shape index (κ2) is 5.93. The highest BCUT2D eigenvalue weighted by molar-refractivity contribution is 7.17. The first kappa shape index (κ1) is 14.4. The maximum absolute atomic E-state index is 13.6. The van der Waals surface area contributed by atoms with Gasteiger partial charge >= 0.3 is 0 Å². The highest BCUT2D eigenvalue weighted by Crippen LogP contribution is 2.22. The van der Waals surface area contributed by atoms with Crippen molar-refractivity contribution in [2.24, 2.45) is 0 Å². The number of nitrogens with one attached hydrogen (secondary N) is 2. The zero-order chi connectivity index (χ0) is 14.7. The highest BCUT2D eigenvalue weighted by Gasteiger charge is 2.14. The van der Waals surface area contributed by atoms with Gasteiger partial charge < -0.3 is 10.6 Å². The van der Waals surface area contributed by atoms with E-state index in [1.807, 2.05) is 0 Å². The molecule has 104 valence electrons. The van der Waals surface area contributed by atoms with Crippen LogP contribution in [0, 0.1) is 5.82 Å². The van der Waals surface area contributed by atoms with Gasteiger partial charge in [-0.25, -0.2) is 4.39 Å². The van der Waals surface area contributed by atoms with E-state index in [2.05, 4.69) is 20.8 Å². The molecule has 0 aliphatic rings. The van der Waals surface area contributed by atoms with Crippen molar-refractivity contribution in [3.05, 3.63) is 33.5 Å². The lowest BCUT2D eigenvalue weighted by Gasteiger charge is -2.07. The Morgan fingerprint density at radius 3 is 2.65 bits per heavy atom. The maximum atomic E-state index is 13.6. The first-order valence-corrected chi connectivity index (χ1v) is 6.52. The summed E-state index contributed by atoms with van der Waals surface area (Å²) in [6.45, 7) is 1.32. The summed E-state index contributed by atoms with van der Waals surface area (Å²) >= 11 is 6.44. The molecule has 0 spiro atoms. The number of nitrogens with zero attached hydrogens (tertiary/aromatic N) is 2. The topological polar surface area (TPSA) is 84.0 Å². The molecule has 6 nitrogen and oxygen atoms in total. The van der Waals surface area contributed by atoms with Crippen LogP contribution in [0.5, 0.6) is 0 Å². The van der Waals surface area contributed by atoms with Crippen LogP contribution in [-0.2, 0) is 4.79 Å². The molecule has 2 aromatic rings. The summed E-state index contributed by atoms with van der Waals surface area (Å²) in [7, 11) is 0. The quantitative estimate of drug-likeness (QED) is 0.912. The van der Waals surface area contributed by atoms with E-state index in [1.165, 1.54) is 19.1 Å². The SMILES string of the molecule is CC(=O)Nc1ccc(F)c(NC(=O)c2nnc(Cl)s2)c1.